The standard InChI is InChI=1S/C22H36/c1-5-7-9-14-22(3,4)17-20-13-10-12-19-15-18(11-8-6-2)16-21(19)20/h7,9,13,15,18,21H,5-6,8,10-12,14,16-17H2,1-4H3/b9-7+. The van der Waals surface area contributed by atoms with Gasteiger partial charge >= 0.3 is 0 Å². The first-order valence-corrected chi connectivity index (χ1v) is 9.60. The van der Waals surface area contributed by atoms with Crippen LogP contribution in [0.25, 0.3) is 0 Å². The predicted molar refractivity (Wildman–Crippen MR) is 99.0 cm³/mol. The Balaban J connectivity index is 1.96. The van der Waals surface area contributed by atoms with E-state index in [0.717, 1.165) is 18.3 Å². The molecule has 0 amide bonds. The van der Waals surface area contributed by atoms with Crippen LogP contribution in [0.4, 0.5) is 0 Å². The third-order valence-corrected chi connectivity index (χ3v) is 5.41. The van der Waals surface area contributed by atoms with Crippen molar-refractivity contribution in [2.75, 3.05) is 0 Å². The van der Waals surface area contributed by atoms with E-state index < -0.39 is 0 Å². The van der Waals surface area contributed by atoms with Gasteiger partial charge in [0.25, 0.3) is 0 Å². The average Bonchev–Trinajstić information content (AvgIpc) is 2.89. The van der Waals surface area contributed by atoms with E-state index in [2.05, 4.69) is 52.0 Å². The summed E-state index contributed by atoms with van der Waals surface area (Å²) in [5, 5.41) is 0. The quantitative estimate of drug-likeness (QED) is 0.415. The second-order valence-corrected chi connectivity index (χ2v) is 8.17. The van der Waals surface area contributed by atoms with Crippen molar-refractivity contribution in [3.05, 3.63) is 35.5 Å². The van der Waals surface area contributed by atoms with Crippen molar-refractivity contribution >= 4 is 0 Å². The van der Waals surface area contributed by atoms with E-state index >= 15 is 0 Å². The zero-order valence-electron chi connectivity index (χ0n) is 15.3. The number of hydrogen-bond acceptors (Lipinski definition) is 0. The molecule has 2 atom stereocenters. The van der Waals surface area contributed by atoms with Crippen molar-refractivity contribution in [1.82, 2.24) is 0 Å². The molecule has 0 bridgehead atoms. The zero-order valence-corrected chi connectivity index (χ0v) is 15.3. The van der Waals surface area contributed by atoms with Gasteiger partial charge in [0.2, 0.25) is 0 Å². The lowest BCUT2D eigenvalue weighted by Gasteiger charge is -2.31. The smallest absolute Gasteiger partial charge is 0.00129 e. The van der Waals surface area contributed by atoms with Crippen molar-refractivity contribution in [3.63, 3.8) is 0 Å². The Labute approximate surface area is 138 Å². The number of allylic oxidation sites excluding steroid dienone is 6. The molecule has 0 saturated carbocycles. The van der Waals surface area contributed by atoms with E-state index in [-0.39, 0.29) is 0 Å². The maximum Gasteiger partial charge on any atom is 0.00129 e. The molecule has 2 aliphatic rings. The molecule has 2 unspecified atom stereocenters. The number of fused-ring (bicyclic) bond motifs is 1. The minimum atomic E-state index is 0.404. The fourth-order valence-corrected chi connectivity index (χ4v) is 4.21. The summed E-state index contributed by atoms with van der Waals surface area (Å²) in [5.74, 6) is 1.66. The molecule has 2 rings (SSSR count). The second kappa shape index (κ2) is 8.18. The van der Waals surface area contributed by atoms with Gasteiger partial charge in [-0.1, -0.05) is 76.0 Å². The van der Waals surface area contributed by atoms with E-state index in [4.69, 9.17) is 0 Å². The third-order valence-electron chi connectivity index (χ3n) is 5.41. The third kappa shape index (κ3) is 4.86. The molecule has 0 radical (unpaired) electrons. The Morgan fingerprint density at radius 2 is 2.05 bits per heavy atom. The van der Waals surface area contributed by atoms with Gasteiger partial charge in [-0.15, -0.1) is 0 Å². The van der Waals surface area contributed by atoms with Gasteiger partial charge in [-0.05, 0) is 56.3 Å². The Bertz CT molecular complexity index is 433. The molecule has 0 aromatic carbocycles. The summed E-state index contributed by atoms with van der Waals surface area (Å²) < 4.78 is 0. The van der Waals surface area contributed by atoms with Crippen LogP contribution in [0.1, 0.15) is 85.5 Å². The highest BCUT2D eigenvalue weighted by molar-refractivity contribution is 5.31. The molecule has 0 aromatic rings. The van der Waals surface area contributed by atoms with Crippen LogP contribution in [0.5, 0.6) is 0 Å². The highest BCUT2D eigenvalue weighted by Crippen LogP contribution is 2.46. The highest BCUT2D eigenvalue weighted by Gasteiger charge is 2.32. The lowest BCUT2D eigenvalue weighted by Crippen LogP contribution is -2.18. The Morgan fingerprint density at radius 1 is 1.23 bits per heavy atom. The van der Waals surface area contributed by atoms with Crippen LogP contribution < -0.4 is 0 Å². The van der Waals surface area contributed by atoms with Crippen LogP contribution >= 0.6 is 0 Å². The fraction of sp³-hybridized carbons (Fsp3) is 0.727. The highest BCUT2D eigenvalue weighted by atomic mass is 14.4. The van der Waals surface area contributed by atoms with Crippen molar-refractivity contribution in [2.24, 2.45) is 17.3 Å². The summed E-state index contributed by atoms with van der Waals surface area (Å²) in [6.07, 6.45) is 21.7. The molecule has 0 nitrogen and oxygen atoms in total. The van der Waals surface area contributed by atoms with Crippen LogP contribution in [-0.2, 0) is 0 Å². The van der Waals surface area contributed by atoms with Crippen molar-refractivity contribution < 1.29 is 0 Å². The molecule has 0 heterocycles. The summed E-state index contributed by atoms with van der Waals surface area (Å²) >= 11 is 0. The normalized spacial score (nSPS) is 25.3. The Hall–Kier alpha value is -0.780. The van der Waals surface area contributed by atoms with E-state index in [1.54, 1.807) is 11.1 Å². The predicted octanol–water partition coefficient (Wildman–Crippen LogP) is 7.23. The maximum atomic E-state index is 2.65. The average molecular weight is 301 g/mol. The largest absolute Gasteiger partial charge is 0.0888 e. The molecule has 0 fully saturated rings. The van der Waals surface area contributed by atoms with Gasteiger partial charge in [0.15, 0.2) is 0 Å². The number of rotatable bonds is 8. The molecule has 0 spiro atoms. The van der Waals surface area contributed by atoms with Gasteiger partial charge in [0.1, 0.15) is 0 Å². The fourth-order valence-electron chi connectivity index (χ4n) is 4.21. The number of unbranched alkanes of at least 4 members (excludes halogenated alkanes) is 1. The minimum absolute atomic E-state index is 0.404. The number of hydrogen-bond donors (Lipinski definition) is 0. The summed E-state index contributed by atoms with van der Waals surface area (Å²) in [5.41, 5.74) is 3.94. The van der Waals surface area contributed by atoms with Gasteiger partial charge in [-0.3, -0.25) is 0 Å². The molecule has 0 aliphatic heterocycles. The monoisotopic (exact) mass is 300 g/mol. The molecule has 124 valence electrons. The second-order valence-electron chi connectivity index (χ2n) is 8.17. The molecule has 0 heteroatoms. The van der Waals surface area contributed by atoms with E-state index in [0.29, 0.717) is 5.41 Å². The summed E-state index contributed by atoms with van der Waals surface area (Å²) in [6.45, 7) is 9.41. The Kier molecular flexibility index (Phi) is 6.53. The first-order valence-electron chi connectivity index (χ1n) is 9.60. The first-order chi connectivity index (χ1) is 10.6. The SMILES string of the molecule is CC/C=C/CC(C)(C)CC1=CCCC2=CC(CCCC)CC21. The molecule has 0 aromatic heterocycles. The first kappa shape index (κ1) is 17.6. The van der Waals surface area contributed by atoms with Crippen LogP contribution in [-0.4, -0.2) is 0 Å². The Morgan fingerprint density at radius 3 is 2.77 bits per heavy atom. The molecular formula is C22H36. The van der Waals surface area contributed by atoms with Crippen molar-refractivity contribution in [3.8, 4) is 0 Å². The van der Waals surface area contributed by atoms with E-state index in [1.807, 2.05) is 0 Å². The molecule has 0 N–H and O–H groups in total. The summed E-state index contributed by atoms with van der Waals surface area (Å²) in [7, 11) is 0. The molecule has 0 saturated heterocycles. The minimum Gasteiger partial charge on any atom is -0.0888 e. The van der Waals surface area contributed by atoms with Gasteiger partial charge < -0.3 is 0 Å². The molecule has 22 heavy (non-hydrogen) atoms. The summed E-state index contributed by atoms with van der Waals surface area (Å²) in [4.78, 5) is 0. The summed E-state index contributed by atoms with van der Waals surface area (Å²) in [6, 6.07) is 0. The van der Waals surface area contributed by atoms with Gasteiger partial charge in [-0.25, -0.2) is 0 Å². The van der Waals surface area contributed by atoms with Crippen LogP contribution in [0.15, 0.2) is 35.5 Å². The van der Waals surface area contributed by atoms with E-state index in [1.165, 1.54) is 51.4 Å². The van der Waals surface area contributed by atoms with E-state index in [9.17, 15) is 0 Å². The van der Waals surface area contributed by atoms with Gasteiger partial charge in [0, 0.05) is 5.92 Å². The van der Waals surface area contributed by atoms with Crippen molar-refractivity contribution in [1.29, 1.82) is 0 Å². The van der Waals surface area contributed by atoms with Gasteiger partial charge in [-0.2, -0.15) is 0 Å². The molecule has 2 aliphatic carbocycles. The van der Waals surface area contributed by atoms with Crippen LogP contribution in [0.3, 0.4) is 0 Å². The maximum absolute atomic E-state index is 2.65. The topological polar surface area (TPSA) is 0 Å². The van der Waals surface area contributed by atoms with Crippen LogP contribution in [0, 0.1) is 17.3 Å². The lowest BCUT2D eigenvalue weighted by molar-refractivity contribution is 0.346. The van der Waals surface area contributed by atoms with Crippen LogP contribution in [0.2, 0.25) is 0 Å². The zero-order chi connectivity index (χ0) is 16.0. The lowest BCUT2D eigenvalue weighted by atomic mass is 9.74. The van der Waals surface area contributed by atoms with Crippen molar-refractivity contribution in [2.45, 2.75) is 85.5 Å². The van der Waals surface area contributed by atoms with Gasteiger partial charge in [0.05, 0.1) is 0 Å². The molecular weight excluding hydrogens is 264 g/mol.